The molecule has 1 aromatic heterocycles. The molecule has 4 aromatic rings. The van der Waals surface area contributed by atoms with Gasteiger partial charge >= 0.3 is 12.1 Å². The minimum atomic E-state index is -5.08. The number of benzene rings is 3. The number of fused-ring (bicyclic) bond motifs is 1. The molecule has 1 aliphatic rings. The zero-order valence-corrected chi connectivity index (χ0v) is 24.5. The van der Waals surface area contributed by atoms with Crippen LogP contribution in [0.5, 0.6) is 0 Å². The first kappa shape index (κ1) is 33.0. The number of morpholine rings is 1. The molecule has 15 heteroatoms. The lowest BCUT2D eigenvalue weighted by Gasteiger charge is -2.26. The van der Waals surface area contributed by atoms with Crippen molar-refractivity contribution >= 4 is 57.4 Å². The van der Waals surface area contributed by atoms with Gasteiger partial charge in [-0.25, -0.2) is 13.9 Å². The second-order valence-electron chi connectivity index (χ2n) is 9.58. The number of halogens is 6. The van der Waals surface area contributed by atoms with Crippen LogP contribution in [0.1, 0.15) is 16.8 Å². The van der Waals surface area contributed by atoms with Crippen molar-refractivity contribution < 1.29 is 37.0 Å². The molecule has 0 saturated carbocycles. The summed E-state index contributed by atoms with van der Waals surface area (Å²) in [5.41, 5.74) is 2.63. The molecule has 5 rings (SSSR count). The van der Waals surface area contributed by atoms with Crippen molar-refractivity contribution in [2.45, 2.75) is 12.6 Å². The minimum Gasteiger partial charge on any atom is -0.475 e. The number of carbonyl (C=O) groups excluding carboxylic acids is 1. The number of carboxylic acid groups (broad SMARTS) is 1. The lowest BCUT2D eigenvalue weighted by molar-refractivity contribution is -0.192. The predicted molar refractivity (Wildman–Crippen MR) is 159 cm³/mol. The van der Waals surface area contributed by atoms with E-state index in [9.17, 15) is 22.4 Å². The predicted octanol–water partition coefficient (Wildman–Crippen LogP) is 6.30. The summed E-state index contributed by atoms with van der Waals surface area (Å²) in [6, 6.07) is 15.1. The summed E-state index contributed by atoms with van der Waals surface area (Å²) in [4.78, 5) is 24.0. The molecule has 9 nitrogen and oxygen atoms in total. The molecule has 0 unspecified atom stereocenters. The number of hydrogen-bond donors (Lipinski definition) is 3. The Morgan fingerprint density at radius 1 is 1.02 bits per heavy atom. The molecule has 0 bridgehead atoms. The Kier molecular flexibility index (Phi) is 11.0. The summed E-state index contributed by atoms with van der Waals surface area (Å²) in [6.45, 7) is 4.77. The SMILES string of the molecule is O=C(NCCCN1CCOCC1)c1ccc(F)c(-n2ncc3cc(Nc4c(Cl)cccc4Cl)ccc32)c1.O=C(O)C(F)(F)F. The quantitative estimate of drug-likeness (QED) is 0.151. The van der Waals surface area contributed by atoms with Crippen molar-refractivity contribution in [3.63, 3.8) is 0 Å². The van der Waals surface area contributed by atoms with Crippen LogP contribution in [-0.2, 0) is 9.53 Å². The number of carboxylic acids is 1. The maximum atomic E-state index is 14.8. The summed E-state index contributed by atoms with van der Waals surface area (Å²) in [7, 11) is 0. The average Bonchev–Trinajstić information content (AvgIpc) is 3.41. The average molecular weight is 656 g/mol. The number of aromatic nitrogens is 2. The first-order valence-electron chi connectivity index (χ1n) is 13.3. The van der Waals surface area contributed by atoms with Crippen molar-refractivity contribution in [1.82, 2.24) is 20.0 Å². The van der Waals surface area contributed by atoms with Gasteiger partial charge in [0.15, 0.2) is 0 Å². The number of ether oxygens (including phenoxy) is 1. The van der Waals surface area contributed by atoms with Crippen LogP contribution in [0.2, 0.25) is 10.0 Å². The van der Waals surface area contributed by atoms with E-state index in [-0.39, 0.29) is 11.6 Å². The van der Waals surface area contributed by atoms with Gasteiger partial charge < -0.3 is 20.5 Å². The largest absolute Gasteiger partial charge is 0.490 e. The molecule has 0 radical (unpaired) electrons. The fraction of sp³-hybridized carbons (Fsp3) is 0.276. The van der Waals surface area contributed by atoms with Crippen molar-refractivity contribution in [2.75, 3.05) is 44.7 Å². The first-order chi connectivity index (χ1) is 20.9. The Bertz CT molecular complexity index is 1610. The number of para-hydroxylation sites is 1. The normalized spacial score (nSPS) is 13.7. The standard InChI is InChI=1S/C27H26Cl2FN5O2.C2HF3O2/c28-21-3-1-4-22(29)26(21)33-20-6-8-24-19(15-20)17-32-35(24)25-16-18(5-7-23(25)30)27(36)31-9-2-10-34-11-13-37-14-12-34;3-2(4,5)1(6)7/h1,3-8,15-17,33H,2,9-14H2,(H,31,36);(H,6,7). The fourth-order valence-electron chi connectivity index (χ4n) is 4.31. The summed E-state index contributed by atoms with van der Waals surface area (Å²) in [5, 5.41) is 19.5. The lowest BCUT2D eigenvalue weighted by atomic mass is 10.1. The van der Waals surface area contributed by atoms with Crippen LogP contribution in [0.3, 0.4) is 0 Å². The van der Waals surface area contributed by atoms with Gasteiger partial charge in [0, 0.05) is 36.3 Å². The molecule has 3 N–H and O–H groups in total. The Hall–Kier alpha value is -3.91. The van der Waals surface area contributed by atoms with Crippen LogP contribution in [0.25, 0.3) is 16.6 Å². The van der Waals surface area contributed by atoms with Gasteiger partial charge in [-0.3, -0.25) is 9.69 Å². The number of carbonyl (C=O) groups is 2. The van der Waals surface area contributed by atoms with E-state index in [0.29, 0.717) is 33.4 Å². The third kappa shape index (κ3) is 8.59. The van der Waals surface area contributed by atoms with Crippen molar-refractivity contribution in [3.05, 3.63) is 82.2 Å². The highest BCUT2D eigenvalue weighted by Crippen LogP contribution is 2.33. The second-order valence-corrected chi connectivity index (χ2v) is 10.4. The number of rotatable bonds is 8. The third-order valence-corrected chi connectivity index (χ3v) is 7.15. The minimum absolute atomic E-state index is 0.200. The van der Waals surface area contributed by atoms with Crippen LogP contribution in [0.4, 0.5) is 28.9 Å². The third-order valence-electron chi connectivity index (χ3n) is 6.52. The van der Waals surface area contributed by atoms with Gasteiger partial charge in [0.1, 0.15) is 11.5 Å². The number of nitrogens with zero attached hydrogens (tertiary/aromatic N) is 3. The van der Waals surface area contributed by atoms with Crippen molar-refractivity contribution in [1.29, 1.82) is 0 Å². The van der Waals surface area contributed by atoms with Gasteiger partial charge in [-0.2, -0.15) is 18.3 Å². The van der Waals surface area contributed by atoms with Crippen molar-refractivity contribution in [3.8, 4) is 5.69 Å². The summed E-state index contributed by atoms with van der Waals surface area (Å²) >= 11 is 12.5. The molecule has 0 aliphatic carbocycles. The Balaban J connectivity index is 0.000000566. The van der Waals surface area contributed by atoms with E-state index < -0.39 is 18.0 Å². The van der Waals surface area contributed by atoms with Crippen LogP contribution in [0, 0.1) is 5.82 Å². The summed E-state index contributed by atoms with van der Waals surface area (Å²) < 4.78 is 53.4. The number of alkyl halides is 3. The van der Waals surface area contributed by atoms with Crippen LogP contribution < -0.4 is 10.6 Å². The highest BCUT2D eigenvalue weighted by atomic mass is 35.5. The van der Waals surface area contributed by atoms with Crippen LogP contribution in [-0.4, -0.2) is 77.2 Å². The van der Waals surface area contributed by atoms with E-state index in [1.54, 1.807) is 24.4 Å². The van der Waals surface area contributed by atoms with Gasteiger partial charge in [0.25, 0.3) is 5.91 Å². The topological polar surface area (TPSA) is 109 Å². The van der Waals surface area contributed by atoms with E-state index in [4.69, 9.17) is 37.8 Å². The zero-order valence-electron chi connectivity index (χ0n) is 23.0. The number of aliphatic carboxylic acids is 1. The highest BCUT2D eigenvalue weighted by molar-refractivity contribution is 6.39. The van der Waals surface area contributed by atoms with E-state index >= 15 is 0 Å². The summed E-state index contributed by atoms with van der Waals surface area (Å²) in [6.07, 6.45) is -2.61. The zero-order chi connectivity index (χ0) is 31.9. The molecule has 1 amide bonds. The molecule has 2 heterocycles. The molecule has 44 heavy (non-hydrogen) atoms. The number of nitrogens with one attached hydrogen (secondary N) is 2. The van der Waals surface area contributed by atoms with E-state index in [2.05, 4.69) is 20.6 Å². The molecule has 234 valence electrons. The van der Waals surface area contributed by atoms with Gasteiger partial charge in [0.05, 0.1) is 40.7 Å². The Morgan fingerprint density at radius 3 is 2.36 bits per heavy atom. The molecular formula is C29H27Cl2F4N5O4. The maximum absolute atomic E-state index is 14.8. The molecule has 0 spiro atoms. The molecule has 1 aliphatic heterocycles. The molecule has 0 atom stereocenters. The van der Waals surface area contributed by atoms with Crippen molar-refractivity contribution in [2.24, 2.45) is 0 Å². The van der Waals surface area contributed by atoms with Gasteiger partial charge in [-0.15, -0.1) is 0 Å². The fourth-order valence-corrected chi connectivity index (χ4v) is 4.80. The number of hydrogen-bond acceptors (Lipinski definition) is 6. The second kappa shape index (κ2) is 14.7. The van der Waals surface area contributed by atoms with Crippen LogP contribution in [0.15, 0.2) is 60.8 Å². The van der Waals surface area contributed by atoms with E-state index in [1.807, 2.05) is 18.2 Å². The van der Waals surface area contributed by atoms with Gasteiger partial charge in [0.2, 0.25) is 0 Å². The van der Waals surface area contributed by atoms with E-state index in [1.165, 1.54) is 22.9 Å². The maximum Gasteiger partial charge on any atom is 0.490 e. The van der Waals surface area contributed by atoms with E-state index in [0.717, 1.165) is 50.3 Å². The summed E-state index contributed by atoms with van der Waals surface area (Å²) in [5.74, 6) is -3.48. The number of amides is 1. The Labute approximate surface area is 259 Å². The monoisotopic (exact) mass is 655 g/mol. The highest BCUT2D eigenvalue weighted by Gasteiger charge is 2.38. The van der Waals surface area contributed by atoms with Crippen LogP contribution >= 0.6 is 23.2 Å². The lowest BCUT2D eigenvalue weighted by Crippen LogP contribution is -2.38. The Morgan fingerprint density at radius 2 is 1.70 bits per heavy atom. The number of anilines is 2. The molecular weight excluding hydrogens is 629 g/mol. The van der Waals surface area contributed by atoms with Gasteiger partial charge in [-0.1, -0.05) is 29.3 Å². The molecule has 1 fully saturated rings. The first-order valence-corrected chi connectivity index (χ1v) is 14.1. The smallest absolute Gasteiger partial charge is 0.475 e. The molecule has 3 aromatic carbocycles. The molecule has 1 saturated heterocycles. The van der Waals surface area contributed by atoms with Gasteiger partial charge in [-0.05, 0) is 61.5 Å².